The summed E-state index contributed by atoms with van der Waals surface area (Å²) in [5.41, 5.74) is 5.72. The van der Waals surface area contributed by atoms with Crippen molar-refractivity contribution < 1.29 is 4.79 Å². The SMILES string of the molecule is CC(C)(NC(=O)C[C@@H]1CCC[C@H]1N)c1cccs1.Cl. The van der Waals surface area contributed by atoms with E-state index < -0.39 is 0 Å². The van der Waals surface area contributed by atoms with Gasteiger partial charge in [-0.1, -0.05) is 12.5 Å². The van der Waals surface area contributed by atoms with Crippen LogP contribution in [-0.4, -0.2) is 11.9 Å². The predicted octanol–water partition coefficient (Wildman–Crippen LogP) is 3.04. The van der Waals surface area contributed by atoms with Crippen LogP contribution in [0.4, 0.5) is 0 Å². The van der Waals surface area contributed by atoms with Crippen molar-refractivity contribution in [3.8, 4) is 0 Å². The number of thiophene rings is 1. The maximum absolute atomic E-state index is 12.1. The highest BCUT2D eigenvalue weighted by Gasteiger charge is 2.29. The van der Waals surface area contributed by atoms with Crippen molar-refractivity contribution in [1.29, 1.82) is 0 Å². The molecule has 19 heavy (non-hydrogen) atoms. The molecule has 1 amide bonds. The molecule has 2 atom stereocenters. The van der Waals surface area contributed by atoms with Crippen molar-refractivity contribution in [2.45, 2.75) is 51.1 Å². The van der Waals surface area contributed by atoms with Crippen LogP contribution >= 0.6 is 23.7 Å². The number of hydrogen-bond acceptors (Lipinski definition) is 3. The molecule has 0 aliphatic heterocycles. The van der Waals surface area contributed by atoms with Gasteiger partial charge in [0, 0.05) is 17.3 Å². The summed E-state index contributed by atoms with van der Waals surface area (Å²) in [6.07, 6.45) is 3.88. The van der Waals surface area contributed by atoms with Crippen molar-refractivity contribution in [2.75, 3.05) is 0 Å². The summed E-state index contributed by atoms with van der Waals surface area (Å²) < 4.78 is 0. The van der Waals surface area contributed by atoms with E-state index in [0.717, 1.165) is 19.3 Å². The first kappa shape index (κ1) is 16.5. The van der Waals surface area contributed by atoms with E-state index in [1.165, 1.54) is 4.88 Å². The van der Waals surface area contributed by atoms with Crippen LogP contribution in [0, 0.1) is 5.92 Å². The highest BCUT2D eigenvalue weighted by molar-refractivity contribution is 7.10. The van der Waals surface area contributed by atoms with E-state index in [1.54, 1.807) is 11.3 Å². The van der Waals surface area contributed by atoms with Gasteiger partial charge in [-0.3, -0.25) is 4.79 Å². The Morgan fingerprint density at radius 2 is 2.26 bits per heavy atom. The topological polar surface area (TPSA) is 55.1 Å². The van der Waals surface area contributed by atoms with Gasteiger partial charge in [-0.2, -0.15) is 0 Å². The van der Waals surface area contributed by atoms with Gasteiger partial charge in [-0.25, -0.2) is 0 Å². The fourth-order valence-electron chi connectivity index (χ4n) is 2.65. The molecule has 1 aromatic rings. The van der Waals surface area contributed by atoms with Gasteiger partial charge in [0.25, 0.3) is 0 Å². The normalized spacial score (nSPS) is 22.9. The lowest BCUT2D eigenvalue weighted by atomic mass is 9.97. The Bertz CT molecular complexity index is 406. The van der Waals surface area contributed by atoms with Gasteiger partial charge in [0.2, 0.25) is 5.91 Å². The Kier molecular flexibility index (Phi) is 5.83. The molecule has 0 unspecified atom stereocenters. The molecule has 0 saturated heterocycles. The first-order valence-electron chi connectivity index (χ1n) is 6.59. The molecular formula is C14H23ClN2OS. The second kappa shape index (κ2) is 6.73. The fourth-order valence-corrected chi connectivity index (χ4v) is 3.46. The molecule has 0 aromatic carbocycles. The maximum atomic E-state index is 12.1. The van der Waals surface area contributed by atoms with Gasteiger partial charge in [-0.05, 0) is 44.1 Å². The number of nitrogens with one attached hydrogen (secondary N) is 1. The van der Waals surface area contributed by atoms with E-state index in [9.17, 15) is 4.79 Å². The van der Waals surface area contributed by atoms with E-state index in [2.05, 4.69) is 11.4 Å². The summed E-state index contributed by atoms with van der Waals surface area (Å²) in [4.78, 5) is 13.3. The van der Waals surface area contributed by atoms with Gasteiger partial charge >= 0.3 is 0 Å². The molecule has 1 heterocycles. The Hall–Kier alpha value is -0.580. The Morgan fingerprint density at radius 1 is 1.53 bits per heavy atom. The third-order valence-corrected chi connectivity index (χ3v) is 4.95. The van der Waals surface area contributed by atoms with Crippen molar-refractivity contribution in [3.63, 3.8) is 0 Å². The second-order valence-corrected chi connectivity index (χ2v) is 6.66. The molecule has 1 aromatic heterocycles. The van der Waals surface area contributed by atoms with Crippen molar-refractivity contribution >= 4 is 29.7 Å². The summed E-state index contributed by atoms with van der Waals surface area (Å²) in [6, 6.07) is 4.29. The average molecular weight is 303 g/mol. The first-order valence-corrected chi connectivity index (χ1v) is 7.47. The minimum Gasteiger partial charge on any atom is -0.346 e. The predicted molar refractivity (Wildman–Crippen MR) is 82.7 cm³/mol. The third kappa shape index (κ3) is 4.20. The molecule has 0 radical (unpaired) electrons. The molecule has 2 rings (SSSR count). The van der Waals surface area contributed by atoms with E-state index in [1.807, 2.05) is 25.3 Å². The van der Waals surface area contributed by atoms with Crippen molar-refractivity contribution in [2.24, 2.45) is 11.7 Å². The summed E-state index contributed by atoms with van der Waals surface area (Å²) in [5.74, 6) is 0.486. The fraction of sp³-hybridized carbons (Fsp3) is 0.643. The van der Waals surface area contributed by atoms with E-state index in [4.69, 9.17) is 5.73 Å². The molecule has 1 aliphatic carbocycles. The minimum atomic E-state index is -0.284. The zero-order valence-electron chi connectivity index (χ0n) is 11.5. The number of carbonyl (C=O) groups is 1. The van der Waals surface area contributed by atoms with Crippen LogP contribution in [0.15, 0.2) is 17.5 Å². The van der Waals surface area contributed by atoms with Gasteiger partial charge < -0.3 is 11.1 Å². The number of rotatable bonds is 4. The molecule has 0 bridgehead atoms. The van der Waals surface area contributed by atoms with E-state index in [0.29, 0.717) is 12.3 Å². The summed E-state index contributed by atoms with van der Waals surface area (Å²) in [7, 11) is 0. The molecule has 3 nitrogen and oxygen atoms in total. The smallest absolute Gasteiger partial charge is 0.221 e. The van der Waals surface area contributed by atoms with E-state index in [-0.39, 0.29) is 29.9 Å². The van der Waals surface area contributed by atoms with Crippen LogP contribution in [-0.2, 0) is 10.3 Å². The summed E-state index contributed by atoms with van der Waals surface area (Å²) in [5, 5.41) is 5.16. The van der Waals surface area contributed by atoms with E-state index >= 15 is 0 Å². The molecule has 1 aliphatic rings. The molecule has 3 N–H and O–H groups in total. The van der Waals surface area contributed by atoms with Gasteiger partial charge in [-0.15, -0.1) is 23.7 Å². The van der Waals surface area contributed by atoms with Crippen LogP contribution in [0.25, 0.3) is 0 Å². The molecule has 1 saturated carbocycles. The first-order chi connectivity index (χ1) is 8.49. The van der Waals surface area contributed by atoms with Crippen LogP contribution < -0.4 is 11.1 Å². The van der Waals surface area contributed by atoms with Crippen LogP contribution in [0.5, 0.6) is 0 Å². The number of nitrogens with two attached hydrogens (primary N) is 1. The molecule has 5 heteroatoms. The second-order valence-electron chi connectivity index (χ2n) is 5.71. The quantitative estimate of drug-likeness (QED) is 0.898. The largest absolute Gasteiger partial charge is 0.346 e. The Balaban J connectivity index is 0.00000180. The van der Waals surface area contributed by atoms with Crippen molar-refractivity contribution in [1.82, 2.24) is 5.32 Å². The number of halogens is 1. The number of hydrogen-bond donors (Lipinski definition) is 2. The minimum absolute atomic E-state index is 0. The summed E-state index contributed by atoms with van der Waals surface area (Å²) >= 11 is 1.68. The zero-order chi connectivity index (χ0) is 13.2. The third-order valence-electron chi connectivity index (χ3n) is 3.75. The molecule has 0 spiro atoms. The molecular weight excluding hydrogens is 280 g/mol. The molecule has 108 valence electrons. The highest BCUT2D eigenvalue weighted by Crippen LogP contribution is 2.28. The highest BCUT2D eigenvalue weighted by atomic mass is 35.5. The monoisotopic (exact) mass is 302 g/mol. The Labute approximate surface area is 125 Å². The van der Waals surface area contributed by atoms with Gasteiger partial charge in [0.15, 0.2) is 0 Å². The lowest BCUT2D eigenvalue weighted by molar-refractivity contribution is -0.123. The van der Waals surface area contributed by atoms with Gasteiger partial charge in [0.05, 0.1) is 5.54 Å². The standard InChI is InChI=1S/C14H22N2OS.ClH/c1-14(2,12-7-4-8-18-12)16-13(17)9-10-5-3-6-11(10)15;/h4,7-8,10-11H,3,5-6,9,15H2,1-2H3,(H,16,17);1H/t10-,11+;/m0./s1. The maximum Gasteiger partial charge on any atom is 0.221 e. The summed E-state index contributed by atoms with van der Waals surface area (Å²) in [6.45, 7) is 4.09. The average Bonchev–Trinajstić information content (AvgIpc) is 2.90. The zero-order valence-corrected chi connectivity index (χ0v) is 13.2. The number of amides is 1. The van der Waals surface area contributed by atoms with Crippen LogP contribution in [0.2, 0.25) is 0 Å². The number of carbonyl (C=O) groups excluding carboxylic acids is 1. The Morgan fingerprint density at radius 3 is 2.79 bits per heavy atom. The molecule has 1 fully saturated rings. The van der Waals surface area contributed by atoms with Crippen LogP contribution in [0.1, 0.15) is 44.4 Å². The van der Waals surface area contributed by atoms with Crippen molar-refractivity contribution in [3.05, 3.63) is 22.4 Å². The lowest BCUT2D eigenvalue weighted by Gasteiger charge is -2.26. The lowest BCUT2D eigenvalue weighted by Crippen LogP contribution is -2.42. The van der Waals surface area contributed by atoms with Crippen LogP contribution in [0.3, 0.4) is 0 Å². The van der Waals surface area contributed by atoms with Gasteiger partial charge in [0.1, 0.15) is 0 Å².